The number of imidazole rings is 1. The first-order chi connectivity index (χ1) is 11.4. The summed E-state index contributed by atoms with van der Waals surface area (Å²) in [5.74, 6) is -0.864. The molecule has 24 heavy (non-hydrogen) atoms. The molecular formula is C14H12ClFN6O2. The standard InChI is InChI=1S/C14H12ClFN6O2/c15-9-3-8(16)2-1-7(9)4-18-10(23)5-22-6-19-11-12(22)20-14(17)21-13(11)24/h1-3,6H,4-5H2,(H,18,23)(H3,17,20,21,24). The van der Waals surface area contributed by atoms with Crippen LogP contribution in [0.15, 0.2) is 29.3 Å². The van der Waals surface area contributed by atoms with Crippen LogP contribution in [0.2, 0.25) is 5.02 Å². The summed E-state index contributed by atoms with van der Waals surface area (Å²) in [6.07, 6.45) is 1.33. The number of nitrogens with zero attached hydrogens (tertiary/aromatic N) is 3. The van der Waals surface area contributed by atoms with Gasteiger partial charge in [0.2, 0.25) is 11.9 Å². The summed E-state index contributed by atoms with van der Waals surface area (Å²) in [4.78, 5) is 33.9. The summed E-state index contributed by atoms with van der Waals surface area (Å²) in [5, 5.41) is 2.88. The van der Waals surface area contributed by atoms with Gasteiger partial charge in [-0.15, -0.1) is 0 Å². The molecule has 0 radical (unpaired) electrons. The average molecular weight is 351 g/mol. The van der Waals surface area contributed by atoms with Gasteiger partial charge in [0.1, 0.15) is 12.4 Å². The largest absolute Gasteiger partial charge is 0.369 e. The Labute approximate surface area is 139 Å². The van der Waals surface area contributed by atoms with Crippen molar-refractivity contribution in [1.29, 1.82) is 0 Å². The number of aromatic nitrogens is 4. The summed E-state index contributed by atoms with van der Waals surface area (Å²) < 4.78 is 14.4. The highest BCUT2D eigenvalue weighted by molar-refractivity contribution is 6.31. The monoisotopic (exact) mass is 350 g/mol. The highest BCUT2D eigenvalue weighted by Crippen LogP contribution is 2.16. The number of nitrogen functional groups attached to an aromatic ring is 1. The van der Waals surface area contributed by atoms with E-state index in [1.165, 1.54) is 29.1 Å². The molecule has 0 saturated heterocycles. The highest BCUT2D eigenvalue weighted by atomic mass is 35.5. The maximum atomic E-state index is 13.0. The number of H-pyrrole nitrogens is 1. The van der Waals surface area contributed by atoms with E-state index in [0.29, 0.717) is 5.56 Å². The van der Waals surface area contributed by atoms with E-state index in [2.05, 4.69) is 20.3 Å². The van der Waals surface area contributed by atoms with Crippen LogP contribution in [0.3, 0.4) is 0 Å². The quantitative estimate of drug-likeness (QED) is 0.643. The first-order valence-corrected chi connectivity index (χ1v) is 7.23. The average Bonchev–Trinajstić information content (AvgIpc) is 2.89. The summed E-state index contributed by atoms with van der Waals surface area (Å²) in [5.41, 5.74) is 5.91. The number of amides is 1. The number of carbonyl (C=O) groups excluding carboxylic acids is 1. The fourth-order valence-electron chi connectivity index (χ4n) is 2.16. The Morgan fingerprint density at radius 3 is 3.00 bits per heavy atom. The van der Waals surface area contributed by atoms with Crippen molar-refractivity contribution in [3.8, 4) is 0 Å². The summed E-state index contributed by atoms with van der Waals surface area (Å²) in [6, 6.07) is 3.92. The molecule has 0 aliphatic carbocycles. The molecule has 3 aromatic rings. The molecule has 124 valence electrons. The van der Waals surface area contributed by atoms with E-state index >= 15 is 0 Å². The van der Waals surface area contributed by atoms with Crippen LogP contribution in [0.25, 0.3) is 11.2 Å². The lowest BCUT2D eigenvalue weighted by atomic mass is 10.2. The zero-order chi connectivity index (χ0) is 17.3. The van der Waals surface area contributed by atoms with Crippen LogP contribution in [0, 0.1) is 5.82 Å². The van der Waals surface area contributed by atoms with E-state index in [-0.39, 0.29) is 41.1 Å². The zero-order valence-electron chi connectivity index (χ0n) is 12.2. The molecule has 0 saturated carbocycles. The molecule has 2 heterocycles. The molecular weight excluding hydrogens is 339 g/mol. The van der Waals surface area contributed by atoms with Gasteiger partial charge in [-0.25, -0.2) is 9.37 Å². The van der Waals surface area contributed by atoms with Crippen LogP contribution in [-0.2, 0) is 17.9 Å². The second kappa shape index (κ2) is 6.28. The summed E-state index contributed by atoms with van der Waals surface area (Å²) in [7, 11) is 0. The molecule has 10 heteroatoms. The summed E-state index contributed by atoms with van der Waals surface area (Å²) >= 11 is 5.90. The topological polar surface area (TPSA) is 119 Å². The van der Waals surface area contributed by atoms with E-state index in [9.17, 15) is 14.0 Å². The number of fused-ring (bicyclic) bond motifs is 1. The van der Waals surface area contributed by atoms with Gasteiger partial charge >= 0.3 is 0 Å². The molecule has 0 bridgehead atoms. The second-order valence-electron chi connectivity index (χ2n) is 5.01. The zero-order valence-corrected chi connectivity index (χ0v) is 13.0. The third kappa shape index (κ3) is 3.20. The summed E-state index contributed by atoms with van der Waals surface area (Å²) in [6.45, 7) is 0.0337. The van der Waals surface area contributed by atoms with E-state index in [1.54, 1.807) is 0 Å². The number of rotatable bonds is 4. The molecule has 0 aliphatic heterocycles. The lowest BCUT2D eigenvalue weighted by molar-refractivity contribution is -0.121. The molecule has 3 rings (SSSR count). The number of anilines is 1. The van der Waals surface area contributed by atoms with Gasteiger partial charge < -0.3 is 15.6 Å². The molecule has 1 amide bonds. The van der Waals surface area contributed by atoms with Crippen LogP contribution < -0.4 is 16.6 Å². The Morgan fingerprint density at radius 2 is 2.25 bits per heavy atom. The van der Waals surface area contributed by atoms with Crippen molar-refractivity contribution >= 4 is 34.6 Å². The van der Waals surface area contributed by atoms with E-state index in [4.69, 9.17) is 17.3 Å². The van der Waals surface area contributed by atoms with Crippen LogP contribution in [-0.4, -0.2) is 25.4 Å². The van der Waals surface area contributed by atoms with Crippen molar-refractivity contribution in [3.63, 3.8) is 0 Å². The minimum Gasteiger partial charge on any atom is -0.369 e. The Morgan fingerprint density at radius 1 is 1.46 bits per heavy atom. The normalized spacial score (nSPS) is 10.9. The number of benzene rings is 1. The molecule has 0 unspecified atom stereocenters. The molecule has 0 atom stereocenters. The fourth-order valence-corrected chi connectivity index (χ4v) is 2.39. The number of carbonyl (C=O) groups is 1. The molecule has 1 aromatic carbocycles. The van der Waals surface area contributed by atoms with E-state index in [0.717, 1.165) is 0 Å². The van der Waals surface area contributed by atoms with Crippen LogP contribution in [0.1, 0.15) is 5.56 Å². The van der Waals surface area contributed by atoms with Gasteiger partial charge in [-0.1, -0.05) is 17.7 Å². The number of hydrogen-bond donors (Lipinski definition) is 3. The minimum atomic E-state index is -0.477. The van der Waals surface area contributed by atoms with Gasteiger partial charge in [0, 0.05) is 11.6 Å². The Balaban J connectivity index is 1.72. The van der Waals surface area contributed by atoms with Crippen molar-refractivity contribution in [1.82, 2.24) is 24.8 Å². The van der Waals surface area contributed by atoms with Crippen LogP contribution in [0.4, 0.5) is 10.3 Å². The maximum absolute atomic E-state index is 13.0. The highest BCUT2D eigenvalue weighted by Gasteiger charge is 2.12. The number of hydrogen-bond acceptors (Lipinski definition) is 5. The van der Waals surface area contributed by atoms with Crippen molar-refractivity contribution in [2.45, 2.75) is 13.1 Å². The molecule has 0 aliphatic rings. The smallest absolute Gasteiger partial charge is 0.280 e. The Kier molecular flexibility index (Phi) is 4.17. The second-order valence-corrected chi connectivity index (χ2v) is 5.42. The Bertz CT molecular complexity index is 983. The van der Waals surface area contributed by atoms with Gasteiger partial charge in [0.25, 0.3) is 5.56 Å². The van der Waals surface area contributed by atoms with Gasteiger partial charge in [-0.3, -0.25) is 14.6 Å². The van der Waals surface area contributed by atoms with Gasteiger partial charge in [0.05, 0.1) is 6.33 Å². The van der Waals surface area contributed by atoms with Crippen molar-refractivity contribution < 1.29 is 9.18 Å². The SMILES string of the molecule is Nc1nc2c(ncn2CC(=O)NCc2ccc(F)cc2Cl)c(=O)[nH]1. The number of nitrogens with one attached hydrogen (secondary N) is 2. The van der Waals surface area contributed by atoms with E-state index in [1.807, 2.05) is 0 Å². The van der Waals surface area contributed by atoms with Crippen molar-refractivity contribution in [3.05, 3.63) is 51.3 Å². The molecule has 8 nitrogen and oxygen atoms in total. The molecule has 2 aromatic heterocycles. The predicted molar refractivity (Wildman–Crippen MR) is 85.8 cm³/mol. The predicted octanol–water partition coefficient (Wildman–Crippen LogP) is 0.811. The molecule has 4 N–H and O–H groups in total. The number of aromatic amines is 1. The van der Waals surface area contributed by atoms with Crippen molar-refractivity contribution in [2.24, 2.45) is 0 Å². The van der Waals surface area contributed by atoms with Gasteiger partial charge in [0.15, 0.2) is 11.2 Å². The van der Waals surface area contributed by atoms with Gasteiger partial charge in [-0.2, -0.15) is 4.98 Å². The van der Waals surface area contributed by atoms with Gasteiger partial charge in [-0.05, 0) is 17.7 Å². The van der Waals surface area contributed by atoms with Crippen LogP contribution in [0.5, 0.6) is 0 Å². The first-order valence-electron chi connectivity index (χ1n) is 6.85. The van der Waals surface area contributed by atoms with E-state index < -0.39 is 11.4 Å². The molecule has 0 fully saturated rings. The third-order valence-corrected chi connectivity index (χ3v) is 3.65. The lowest BCUT2D eigenvalue weighted by Crippen LogP contribution is -2.27. The third-order valence-electron chi connectivity index (χ3n) is 3.30. The molecule has 0 spiro atoms. The fraction of sp³-hybridized carbons (Fsp3) is 0.143. The minimum absolute atomic E-state index is 0.0623. The number of nitrogens with two attached hydrogens (primary N) is 1. The van der Waals surface area contributed by atoms with Crippen molar-refractivity contribution in [2.75, 3.05) is 5.73 Å². The van der Waals surface area contributed by atoms with Crippen LogP contribution >= 0.6 is 11.6 Å². The Hall–Kier alpha value is -2.94. The number of halogens is 2. The first kappa shape index (κ1) is 15.9. The lowest BCUT2D eigenvalue weighted by Gasteiger charge is -2.08. The maximum Gasteiger partial charge on any atom is 0.280 e.